The number of rotatable bonds is 6. The number of likely N-dealkylation sites (N-methyl/N-ethyl adjacent to an activating group) is 1. The number of esters is 1. The van der Waals surface area contributed by atoms with E-state index >= 15 is 0 Å². The molecule has 14 heteroatoms. The quantitative estimate of drug-likeness (QED) is 0.403. The molecule has 0 bridgehead atoms. The Labute approximate surface area is 234 Å². The fourth-order valence-corrected chi connectivity index (χ4v) is 5.14. The summed E-state index contributed by atoms with van der Waals surface area (Å²) in [7, 11) is 3.82. The van der Waals surface area contributed by atoms with Crippen LogP contribution in [0.5, 0.6) is 5.75 Å². The summed E-state index contributed by atoms with van der Waals surface area (Å²) in [5, 5.41) is 16.0. The number of anilines is 2. The molecular formula is C27H33F3N6O5. The third-order valence-corrected chi connectivity index (χ3v) is 7.16. The van der Waals surface area contributed by atoms with E-state index in [0.717, 1.165) is 61.2 Å². The van der Waals surface area contributed by atoms with Gasteiger partial charge in [-0.05, 0) is 62.9 Å². The molecule has 2 atom stereocenters. The average molecular weight is 579 g/mol. The van der Waals surface area contributed by atoms with Gasteiger partial charge in [-0.2, -0.15) is 23.3 Å². The van der Waals surface area contributed by atoms with E-state index in [-0.39, 0.29) is 17.9 Å². The van der Waals surface area contributed by atoms with E-state index in [2.05, 4.69) is 39.5 Å². The van der Waals surface area contributed by atoms with Gasteiger partial charge < -0.3 is 24.8 Å². The van der Waals surface area contributed by atoms with E-state index in [1.54, 1.807) is 19.5 Å². The average Bonchev–Trinajstić information content (AvgIpc) is 3.36. The maximum Gasteiger partial charge on any atom is 0.490 e. The van der Waals surface area contributed by atoms with Crippen LogP contribution in [0.2, 0.25) is 0 Å². The van der Waals surface area contributed by atoms with Crippen LogP contribution in [-0.4, -0.2) is 75.2 Å². The number of carbonyl (C=O) groups is 2. The number of methoxy groups -OCH3 is 1. The van der Waals surface area contributed by atoms with Crippen molar-refractivity contribution in [2.45, 2.75) is 57.8 Å². The molecule has 0 amide bonds. The van der Waals surface area contributed by atoms with Gasteiger partial charge >= 0.3 is 18.1 Å². The van der Waals surface area contributed by atoms with E-state index in [0.29, 0.717) is 19.0 Å². The maximum atomic E-state index is 12.3. The largest absolute Gasteiger partial charge is 0.495 e. The van der Waals surface area contributed by atoms with Crippen molar-refractivity contribution in [1.82, 2.24) is 24.6 Å². The molecule has 1 aliphatic carbocycles. The Hall–Kier alpha value is -3.94. The molecule has 2 aliphatic rings. The molecule has 5 rings (SSSR count). The summed E-state index contributed by atoms with van der Waals surface area (Å²) in [5.41, 5.74) is 4.23. The van der Waals surface area contributed by atoms with Crippen LogP contribution in [0.4, 0.5) is 24.8 Å². The van der Waals surface area contributed by atoms with Gasteiger partial charge in [0.25, 0.3) is 0 Å². The van der Waals surface area contributed by atoms with E-state index in [4.69, 9.17) is 24.4 Å². The molecule has 1 saturated carbocycles. The Morgan fingerprint density at radius 2 is 1.95 bits per heavy atom. The summed E-state index contributed by atoms with van der Waals surface area (Å²) >= 11 is 0. The van der Waals surface area contributed by atoms with Gasteiger partial charge in [0.05, 0.1) is 42.9 Å². The molecule has 1 aromatic carbocycles. The molecule has 3 heterocycles. The molecule has 2 N–H and O–H groups in total. The van der Waals surface area contributed by atoms with Crippen LogP contribution in [-0.2, 0) is 27.3 Å². The summed E-state index contributed by atoms with van der Waals surface area (Å²) in [6.45, 7) is 4.21. The van der Waals surface area contributed by atoms with Crippen molar-refractivity contribution in [2.24, 2.45) is 5.92 Å². The van der Waals surface area contributed by atoms with E-state index in [1.807, 2.05) is 11.6 Å². The van der Waals surface area contributed by atoms with Crippen molar-refractivity contribution in [3.05, 3.63) is 35.7 Å². The number of aromatic nitrogens is 4. The van der Waals surface area contributed by atoms with Crippen LogP contribution in [0.15, 0.2) is 24.5 Å². The minimum Gasteiger partial charge on any atom is -0.495 e. The number of nitrogens with one attached hydrogen (secondary N) is 1. The number of carboxylic acids is 1. The maximum absolute atomic E-state index is 12.3. The summed E-state index contributed by atoms with van der Waals surface area (Å²) < 4.78 is 44.6. The van der Waals surface area contributed by atoms with Gasteiger partial charge in [-0.25, -0.2) is 14.5 Å². The highest BCUT2D eigenvalue weighted by Gasteiger charge is 2.38. The third kappa shape index (κ3) is 7.23. The molecule has 41 heavy (non-hydrogen) atoms. The van der Waals surface area contributed by atoms with Gasteiger partial charge in [-0.1, -0.05) is 6.42 Å². The highest BCUT2D eigenvalue weighted by atomic mass is 19.4. The number of fused-ring (bicyclic) bond motifs is 2. The molecule has 0 spiro atoms. The lowest BCUT2D eigenvalue weighted by molar-refractivity contribution is -0.192. The molecular weight excluding hydrogens is 545 g/mol. The van der Waals surface area contributed by atoms with Gasteiger partial charge in [-0.3, -0.25) is 4.79 Å². The first-order valence-electron chi connectivity index (χ1n) is 13.3. The SMILES string of the molecule is CCOC(=O)[C@H]1CCC[C@@H](n2ncc3cnc(Nc4cc5c(cc4OC)CCN(C)C5)nc32)C1.O=C(O)C(F)(F)F. The topological polar surface area (TPSA) is 132 Å². The van der Waals surface area contributed by atoms with Crippen LogP contribution >= 0.6 is 0 Å². The smallest absolute Gasteiger partial charge is 0.490 e. The molecule has 0 saturated heterocycles. The Kier molecular flexibility index (Phi) is 9.31. The Bertz CT molecular complexity index is 1400. The van der Waals surface area contributed by atoms with Gasteiger partial charge in [0.2, 0.25) is 5.95 Å². The molecule has 1 fully saturated rings. The van der Waals surface area contributed by atoms with Gasteiger partial charge in [0.1, 0.15) is 5.75 Å². The molecule has 2 aromatic heterocycles. The summed E-state index contributed by atoms with van der Waals surface area (Å²) in [4.78, 5) is 32.8. The number of nitrogens with zero attached hydrogens (tertiary/aromatic N) is 5. The van der Waals surface area contributed by atoms with Gasteiger partial charge in [0.15, 0.2) is 5.65 Å². The molecule has 222 valence electrons. The van der Waals surface area contributed by atoms with E-state index in [1.165, 1.54) is 11.1 Å². The van der Waals surface area contributed by atoms with Crippen molar-refractivity contribution >= 4 is 34.6 Å². The first kappa shape index (κ1) is 30.0. The van der Waals surface area contributed by atoms with Crippen LogP contribution < -0.4 is 10.1 Å². The Balaban J connectivity index is 0.000000493. The number of ether oxygens (including phenoxy) is 2. The normalized spacial score (nSPS) is 19.1. The summed E-state index contributed by atoms with van der Waals surface area (Å²) in [5.74, 6) is -1.67. The van der Waals surface area contributed by atoms with Crippen molar-refractivity contribution < 1.29 is 37.3 Å². The lowest BCUT2D eigenvalue weighted by atomic mass is 9.86. The lowest BCUT2D eigenvalue weighted by Crippen LogP contribution is -2.27. The van der Waals surface area contributed by atoms with Gasteiger partial charge in [-0.15, -0.1) is 0 Å². The molecule has 11 nitrogen and oxygen atoms in total. The van der Waals surface area contributed by atoms with Crippen molar-refractivity contribution in [1.29, 1.82) is 0 Å². The van der Waals surface area contributed by atoms with Crippen LogP contribution in [0, 0.1) is 5.92 Å². The zero-order chi connectivity index (χ0) is 29.7. The first-order valence-corrected chi connectivity index (χ1v) is 13.3. The van der Waals surface area contributed by atoms with Crippen molar-refractivity contribution in [3.63, 3.8) is 0 Å². The monoisotopic (exact) mass is 578 g/mol. The van der Waals surface area contributed by atoms with E-state index < -0.39 is 12.1 Å². The second-order valence-electron chi connectivity index (χ2n) is 10.1. The minimum absolute atomic E-state index is 0.0877. The molecule has 3 aromatic rings. The number of alkyl halides is 3. The fourth-order valence-electron chi connectivity index (χ4n) is 5.14. The number of hydrogen-bond donors (Lipinski definition) is 2. The predicted molar refractivity (Wildman–Crippen MR) is 143 cm³/mol. The zero-order valence-electron chi connectivity index (χ0n) is 23.1. The number of aliphatic carboxylic acids is 1. The second kappa shape index (κ2) is 12.7. The highest BCUT2D eigenvalue weighted by Crippen LogP contribution is 2.36. The minimum atomic E-state index is -5.08. The summed E-state index contributed by atoms with van der Waals surface area (Å²) in [6.07, 6.45) is 3.02. The second-order valence-corrected chi connectivity index (χ2v) is 10.1. The van der Waals surface area contributed by atoms with Crippen molar-refractivity contribution in [2.75, 3.05) is 32.6 Å². The van der Waals surface area contributed by atoms with E-state index in [9.17, 15) is 18.0 Å². The van der Waals surface area contributed by atoms with Crippen LogP contribution in [0.1, 0.15) is 49.8 Å². The summed E-state index contributed by atoms with van der Waals surface area (Å²) in [6, 6.07) is 4.36. The predicted octanol–water partition coefficient (Wildman–Crippen LogP) is 4.49. The Morgan fingerprint density at radius 1 is 1.20 bits per heavy atom. The molecule has 0 radical (unpaired) electrons. The van der Waals surface area contributed by atoms with Crippen LogP contribution in [0.3, 0.4) is 0 Å². The molecule has 0 unspecified atom stereocenters. The number of benzene rings is 1. The standard InChI is InChI=1S/C25H32N6O3.C2HF3O2/c1-4-34-24(32)17-6-5-7-20(10-17)31-23-19(14-27-31)13-26-25(29-23)28-21-11-18-15-30(2)9-8-16(18)12-22(21)33-3;3-2(4,5)1(6)7/h11-14,17,20H,4-10,15H2,1-3H3,(H,26,28,29);(H,6,7)/t17-,20+;/m0./s1. The lowest BCUT2D eigenvalue weighted by Gasteiger charge is -2.28. The third-order valence-electron chi connectivity index (χ3n) is 7.16. The van der Waals surface area contributed by atoms with Gasteiger partial charge in [0, 0.05) is 19.3 Å². The first-order chi connectivity index (χ1) is 19.5. The number of halogens is 3. The number of carboxylic acid groups (broad SMARTS) is 1. The fraction of sp³-hybridized carbons (Fsp3) is 0.519. The van der Waals surface area contributed by atoms with Crippen LogP contribution in [0.25, 0.3) is 11.0 Å². The number of carbonyl (C=O) groups excluding carboxylic acids is 1. The molecule has 1 aliphatic heterocycles. The van der Waals surface area contributed by atoms with Crippen molar-refractivity contribution in [3.8, 4) is 5.75 Å². The zero-order valence-corrected chi connectivity index (χ0v) is 23.1. The number of hydrogen-bond acceptors (Lipinski definition) is 9. The highest BCUT2D eigenvalue weighted by molar-refractivity contribution is 5.76. The Morgan fingerprint density at radius 3 is 2.63 bits per heavy atom.